The summed E-state index contributed by atoms with van der Waals surface area (Å²) in [5.41, 5.74) is 3.65. The van der Waals surface area contributed by atoms with E-state index in [2.05, 4.69) is 30.0 Å². The molecule has 1 fully saturated rings. The minimum Gasteiger partial charge on any atom is -0.493 e. The predicted molar refractivity (Wildman–Crippen MR) is 152 cm³/mol. The van der Waals surface area contributed by atoms with E-state index in [-0.39, 0.29) is 17.2 Å². The topological polar surface area (TPSA) is 115 Å². The summed E-state index contributed by atoms with van der Waals surface area (Å²) in [5, 5.41) is 5.11. The molecule has 2 N–H and O–H groups in total. The fraction of sp³-hybridized carbons (Fsp3) is 0.241. The van der Waals surface area contributed by atoms with Crippen LogP contribution in [0.15, 0.2) is 53.6 Å². The van der Waals surface area contributed by atoms with Crippen LogP contribution >= 0.6 is 0 Å². The predicted octanol–water partition coefficient (Wildman–Crippen LogP) is 4.60. The van der Waals surface area contributed by atoms with Gasteiger partial charge >= 0.3 is 10.5 Å². The van der Waals surface area contributed by atoms with Gasteiger partial charge in [-0.1, -0.05) is 29.2 Å². The van der Waals surface area contributed by atoms with Crippen molar-refractivity contribution in [1.82, 2.24) is 19.9 Å². The van der Waals surface area contributed by atoms with Crippen molar-refractivity contribution < 1.29 is 21.2 Å². The second-order valence-corrected chi connectivity index (χ2v) is 10.7. The maximum Gasteiger partial charge on any atom is 0.488 e. The van der Waals surface area contributed by atoms with E-state index in [1.807, 2.05) is 31.2 Å². The number of aromatic nitrogens is 3. The standard InChI is InChI=1S/C29H25FN4O5S/c1-3-5-8-38-26-12-23-25(11-22(26)18-10-20(16-31-13-18)39-40(30,36)37)34(19-14-32-15-19)29-27(28(23)35)21-7-6-17(4-2)9-24(21)33-29/h2,6-7,9-13,16,19,32-33H,3,5,8,14-15H2,1H3. The van der Waals surface area contributed by atoms with E-state index in [0.29, 0.717) is 64.1 Å². The van der Waals surface area contributed by atoms with Crippen LogP contribution in [-0.2, 0) is 10.5 Å². The van der Waals surface area contributed by atoms with Crippen molar-refractivity contribution in [2.24, 2.45) is 0 Å². The minimum atomic E-state index is -5.24. The maximum atomic E-state index is 14.1. The van der Waals surface area contributed by atoms with Crippen LogP contribution in [0.2, 0.25) is 0 Å². The quantitative estimate of drug-likeness (QED) is 0.162. The van der Waals surface area contributed by atoms with E-state index in [1.165, 1.54) is 12.3 Å². The van der Waals surface area contributed by atoms with E-state index in [0.717, 1.165) is 29.9 Å². The van der Waals surface area contributed by atoms with Gasteiger partial charge in [-0.15, -0.1) is 6.42 Å². The van der Waals surface area contributed by atoms with Crippen LogP contribution in [0.5, 0.6) is 11.5 Å². The number of aromatic amines is 1. The minimum absolute atomic E-state index is 0.0648. The Morgan fingerprint density at radius 1 is 1.18 bits per heavy atom. The highest BCUT2D eigenvalue weighted by molar-refractivity contribution is 7.81. The molecule has 2 aromatic carbocycles. The van der Waals surface area contributed by atoms with Crippen molar-refractivity contribution in [2.45, 2.75) is 25.8 Å². The summed E-state index contributed by atoms with van der Waals surface area (Å²) in [6.45, 7) is 3.86. The zero-order chi connectivity index (χ0) is 28.0. The Kier molecular flexibility index (Phi) is 6.44. The lowest BCUT2D eigenvalue weighted by molar-refractivity contribution is 0.311. The van der Waals surface area contributed by atoms with Crippen LogP contribution in [0.3, 0.4) is 0 Å². The molecule has 0 unspecified atom stereocenters. The molecule has 11 heteroatoms. The first-order valence-corrected chi connectivity index (χ1v) is 14.2. The molecule has 4 heterocycles. The Morgan fingerprint density at radius 3 is 2.70 bits per heavy atom. The molecular formula is C29H25FN4O5S. The summed E-state index contributed by atoms with van der Waals surface area (Å²) >= 11 is 0. The van der Waals surface area contributed by atoms with Crippen LogP contribution in [-0.4, -0.2) is 42.6 Å². The maximum absolute atomic E-state index is 14.1. The summed E-state index contributed by atoms with van der Waals surface area (Å²) in [7, 11) is -5.24. The highest BCUT2D eigenvalue weighted by atomic mass is 32.3. The van der Waals surface area contributed by atoms with Gasteiger partial charge in [0.2, 0.25) is 0 Å². The molecule has 0 aliphatic carbocycles. The molecule has 1 saturated heterocycles. The van der Waals surface area contributed by atoms with E-state index in [4.69, 9.17) is 11.2 Å². The number of halogens is 1. The van der Waals surface area contributed by atoms with Crippen molar-refractivity contribution in [3.05, 3.63) is 64.6 Å². The summed E-state index contributed by atoms with van der Waals surface area (Å²) in [6.07, 6.45) is 9.91. The lowest BCUT2D eigenvalue weighted by Crippen LogP contribution is -2.44. The van der Waals surface area contributed by atoms with Gasteiger partial charge in [0, 0.05) is 46.9 Å². The lowest BCUT2D eigenvalue weighted by atomic mass is 10.0. The molecule has 9 nitrogen and oxygen atoms in total. The van der Waals surface area contributed by atoms with Gasteiger partial charge in [-0.3, -0.25) is 9.78 Å². The fourth-order valence-corrected chi connectivity index (χ4v) is 5.44. The summed E-state index contributed by atoms with van der Waals surface area (Å²) in [4.78, 5) is 21.5. The van der Waals surface area contributed by atoms with Crippen molar-refractivity contribution >= 4 is 43.3 Å². The first-order valence-electron chi connectivity index (χ1n) is 12.8. The van der Waals surface area contributed by atoms with Crippen LogP contribution in [0, 0.1) is 12.3 Å². The molecule has 6 rings (SSSR count). The Morgan fingerprint density at radius 2 is 2.00 bits per heavy atom. The lowest BCUT2D eigenvalue weighted by Gasteiger charge is -2.32. The number of benzene rings is 2. The van der Waals surface area contributed by atoms with E-state index < -0.39 is 10.5 Å². The van der Waals surface area contributed by atoms with E-state index in [1.54, 1.807) is 6.07 Å². The number of unbranched alkanes of at least 4 members (excludes halogenated alkanes) is 1. The van der Waals surface area contributed by atoms with Crippen LogP contribution in [0.4, 0.5) is 3.89 Å². The highest BCUT2D eigenvalue weighted by Crippen LogP contribution is 2.38. The molecule has 0 amide bonds. The zero-order valence-electron chi connectivity index (χ0n) is 21.5. The normalized spacial score (nSPS) is 13.9. The monoisotopic (exact) mass is 560 g/mol. The number of nitrogens with zero attached hydrogens (tertiary/aromatic N) is 2. The number of hydrogen-bond donors (Lipinski definition) is 2. The summed E-state index contributed by atoms with van der Waals surface area (Å²) in [6, 6.07) is 10.5. The number of terminal acetylenes is 1. The van der Waals surface area contributed by atoms with Crippen molar-refractivity contribution in [3.63, 3.8) is 0 Å². The SMILES string of the molecule is C#Cc1ccc2c(c1)[nH]c1c2c(=O)c2cc(OCCCC)c(-c3cncc(OS(=O)(=O)F)c3)cc2n1C1CNC1. The molecule has 3 aromatic heterocycles. The third kappa shape index (κ3) is 4.55. The molecule has 1 aliphatic rings. The number of rotatable bonds is 8. The molecular weight excluding hydrogens is 535 g/mol. The zero-order valence-corrected chi connectivity index (χ0v) is 22.3. The third-order valence-corrected chi connectivity index (χ3v) is 7.51. The largest absolute Gasteiger partial charge is 0.493 e. The van der Waals surface area contributed by atoms with Crippen molar-refractivity contribution in [3.8, 4) is 35.0 Å². The van der Waals surface area contributed by atoms with E-state index >= 15 is 0 Å². The number of ether oxygens (including phenoxy) is 1. The summed E-state index contributed by atoms with van der Waals surface area (Å²) < 4.78 is 48.1. The van der Waals surface area contributed by atoms with Crippen LogP contribution < -0.4 is 19.7 Å². The molecule has 0 saturated carbocycles. The molecule has 40 heavy (non-hydrogen) atoms. The second kappa shape index (κ2) is 9.97. The second-order valence-electron chi connectivity index (χ2n) is 9.72. The highest BCUT2D eigenvalue weighted by Gasteiger charge is 2.26. The fourth-order valence-electron chi connectivity index (χ4n) is 5.12. The van der Waals surface area contributed by atoms with E-state index in [9.17, 15) is 17.1 Å². The molecule has 204 valence electrons. The summed E-state index contributed by atoms with van der Waals surface area (Å²) in [5.74, 6) is 2.78. The number of pyridine rings is 2. The first kappa shape index (κ1) is 25.9. The average Bonchev–Trinajstić information content (AvgIpc) is 3.27. The van der Waals surface area contributed by atoms with Crippen LogP contribution in [0.25, 0.3) is 44.0 Å². The smallest absolute Gasteiger partial charge is 0.488 e. The van der Waals surface area contributed by atoms with Gasteiger partial charge in [-0.25, -0.2) is 0 Å². The Balaban J connectivity index is 1.66. The van der Waals surface area contributed by atoms with Gasteiger partial charge in [0.1, 0.15) is 11.4 Å². The molecule has 0 spiro atoms. The van der Waals surface area contributed by atoms with Crippen molar-refractivity contribution in [2.75, 3.05) is 19.7 Å². The van der Waals surface area contributed by atoms with Gasteiger partial charge in [0.25, 0.3) is 0 Å². The molecule has 5 aromatic rings. The Hall–Kier alpha value is -4.40. The number of hydrogen-bond acceptors (Lipinski definition) is 7. The molecule has 0 atom stereocenters. The van der Waals surface area contributed by atoms with Gasteiger partial charge in [-0.05, 0) is 36.8 Å². The van der Waals surface area contributed by atoms with Crippen LogP contribution in [0.1, 0.15) is 31.4 Å². The Bertz CT molecular complexity index is 2010. The van der Waals surface area contributed by atoms with Gasteiger partial charge in [0.15, 0.2) is 11.2 Å². The molecule has 0 radical (unpaired) electrons. The molecule has 1 aliphatic heterocycles. The third-order valence-electron chi connectivity index (χ3n) is 7.12. The first-order chi connectivity index (χ1) is 19.3. The number of nitrogens with one attached hydrogen (secondary N) is 2. The van der Waals surface area contributed by atoms with Gasteiger partial charge < -0.3 is 23.8 Å². The number of fused-ring (bicyclic) bond motifs is 4. The van der Waals surface area contributed by atoms with Crippen molar-refractivity contribution in [1.29, 1.82) is 0 Å². The van der Waals surface area contributed by atoms with Gasteiger partial charge in [0.05, 0.1) is 35.1 Å². The average molecular weight is 561 g/mol. The van der Waals surface area contributed by atoms with Gasteiger partial charge in [-0.2, -0.15) is 8.42 Å². The Labute approximate surface area is 229 Å². The number of H-pyrrole nitrogens is 1. The molecule has 0 bridgehead atoms.